The number of aromatic nitrogens is 2. The first-order chi connectivity index (χ1) is 8.75. The Balaban J connectivity index is 2.10. The lowest BCUT2D eigenvalue weighted by Crippen LogP contribution is -1.94. The van der Waals surface area contributed by atoms with Crippen LogP contribution in [0.2, 0.25) is 0 Å². The highest BCUT2D eigenvalue weighted by molar-refractivity contribution is 5.61. The van der Waals surface area contributed by atoms with Crippen LogP contribution in [-0.4, -0.2) is 9.38 Å². The minimum absolute atomic E-state index is 0.642. The molecule has 0 aliphatic carbocycles. The Morgan fingerprint density at radius 1 is 1.11 bits per heavy atom. The predicted molar refractivity (Wildman–Crippen MR) is 70.9 cm³/mol. The molecule has 0 saturated carbocycles. The van der Waals surface area contributed by atoms with E-state index >= 15 is 0 Å². The zero-order valence-electron chi connectivity index (χ0n) is 10.00. The van der Waals surface area contributed by atoms with Crippen molar-refractivity contribution < 1.29 is 4.74 Å². The van der Waals surface area contributed by atoms with Gasteiger partial charge in [0.05, 0.1) is 5.69 Å². The van der Waals surface area contributed by atoms with E-state index < -0.39 is 0 Å². The van der Waals surface area contributed by atoms with Gasteiger partial charge in [0.2, 0.25) is 0 Å². The number of nitrogens with two attached hydrogens (primary N) is 1. The number of hydrogen-bond acceptors (Lipinski definition) is 3. The summed E-state index contributed by atoms with van der Waals surface area (Å²) < 4.78 is 7.65. The van der Waals surface area contributed by atoms with Crippen molar-refractivity contribution in [1.29, 1.82) is 0 Å². The number of benzene rings is 1. The molecule has 0 fully saturated rings. The van der Waals surface area contributed by atoms with Crippen molar-refractivity contribution in [3.63, 3.8) is 0 Å². The van der Waals surface area contributed by atoms with Crippen LogP contribution in [0.4, 0.5) is 5.82 Å². The summed E-state index contributed by atoms with van der Waals surface area (Å²) in [6.45, 7) is 1.88. The van der Waals surface area contributed by atoms with Crippen LogP contribution in [0, 0.1) is 6.92 Å². The third kappa shape index (κ3) is 1.68. The zero-order chi connectivity index (χ0) is 12.5. The number of hydrogen-bond donors (Lipinski definition) is 1. The largest absolute Gasteiger partial charge is 0.453 e. The van der Waals surface area contributed by atoms with E-state index in [1.165, 1.54) is 0 Å². The number of imidazole rings is 1. The van der Waals surface area contributed by atoms with E-state index in [-0.39, 0.29) is 0 Å². The van der Waals surface area contributed by atoms with Crippen molar-refractivity contribution in [2.45, 2.75) is 6.92 Å². The third-order valence-electron chi connectivity index (χ3n) is 2.81. The van der Waals surface area contributed by atoms with Crippen LogP contribution in [0.15, 0.2) is 48.7 Å². The molecule has 3 rings (SSSR count). The molecule has 2 aromatic heterocycles. The van der Waals surface area contributed by atoms with Crippen LogP contribution < -0.4 is 10.5 Å². The van der Waals surface area contributed by atoms with Crippen LogP contribution in [0.1, 0.15) is 5.69 Å². The second-order valence-electron chi connectivity index (χ2n) is 4.06. The fourth-order valence-electron chi connectivity index (χ4n) is 1.87. The number of rotatable bonds is 2. The highest BCUT2D eigenvalue weighted by Gasteiger charge is 2.10. The minimum atomic E-state index is 0.642. The van der Waals surface area contributed by atoms with Crippen molar-refractivity contribution in [2.24, 2.45) is 0 Å². The fourth-order valence-corrected chi connectivity index (χ4v) is 1.87. The maximum atomic E-state index is 5.95. The van der Waals surface area contributed by atoms with Gasteiger partial charge in [-0.2, -0.15) is 0 Å². The molecule has 0 bridgehead atoms. The Kier molecular flexibility index (Phi) is 2.41. The van der Waals surface area contributed by atoms with Gasteiger partial charge in [-0.05, 0) is 31.2 Å². The molecule has 3 aromatic rings. The van der Waals surface area contributed by atoms with E-state index in [9.17, 15) is 0 Å². The van der Waals surface area contributed by atoms with Gasteiger partial charge < -0.3 is 10.5 Å². The first kappa shape index (κ1) is 10.7. The Bertz CT molecular complexity index is 689. The van der Waals surface area contributed by atoms with Crippen LogP contribution in [0.5, 0.6) is 11.5 Å². The van der Waals surface area contributed by atoms with Crippen molar-refractivity contribution in [3.8, 4) is 11.5 Å². The van der Waals surface area contributed by atoms with Crippen LogP contribution in [0.25, 0.3) is 5.65 Å². The van der Waals surface area contributed by atoms with Gasteiger partial charge in [0.1, 0.15) is 11.6 Å². The minimum Gasteiger partial charge on any atom is -0.453 e. The van der Waals surface area contributed by atoms with Gasteiger partial charge in [0.15, 0.2) is 11.4 Å². The molecular formula is C14H13N3O. The van der Waals surface area contributed by atoms with Crippen LogP contribution in [0.3, 0.4) is 0 Å². The lowest BCUT2D eigenvalue weighted by Gasteiger charge is -2.06. The van der Waals surface area contributed by atoms with Crippen LogP contribution in [-0.2, 0) is 0 Å². The van der Waals surface area contributed by atoms with Crippen molar-refractivity contribution in [1.82, 2.24) is 9.38 Å². The lowest BCUT2D eigenvalue weighted by atomic mass is 10.3. The molecule has 0 spiro atoms. The van der Waals surface area contributed by atoms with Gasteiger partial charge in [-0.1, -0.05) is 18.2 Å². The fraction of sp³-hybridized carbons (Fsp3) is 0.0714. The summed E-state index contributed by atoms with van der Waals surface area (Å²) in [5.41, 5.74) is 7.48. The number of nitrogen functional groups attached to an aromatic ring is 1. The number of nitrogens with zero attached hydrogens (tertiary/aromatic N) is 2. The molecule has 4 heteroatoms. The maximum Gasteiger partial charge on any atom is 0.182 e. The van der Waals surface area contributed by atoms with Crippen LogP contribution >= 0.6 is 0 Å². The van der Waals surface area contributed by atoms with Crippen molar-refractivity contribution >= 4 is 11.5 Å². The van der Waals surface area contributed by atoms with E-state index in [0.29, 0.717) is 11.6 Å². The Morgan fingerprint density at radius 3 is 2.67 bits per heavy atom. The zero-order valence-corrected chi connectivity index (χ0v) is 10.00. The Labute approximate surface area is 105 Å². The monoisotopic (exact) mass is 239 g/mol. The second-order valence-corrected chi connectivity index (χ2v) is 4.06. The Hall–Kier alpha value is -2.49. The summed E-state index contributed by atoms with van der Waals surface area (Å²) >= 11 is 0. The summed E-state index contributed by atoms with van der Waals surface area (Å²) in [5, 5.41) is 0. The first-order valence-corrected chi connectivity index (χ1v) is 5.72. The summed E-state index contributed by atoms with van der Waals surface area (Å²) in [4.78, 5) is 4.42. The third-order valence-corrected chi connectivity index (χ3v) is 2.81. The normalized spacial score (nSPS) is 10.7. The number of aryl methyl sites for hydroxylation is 1. The van der Waals surface area contributed by atoms with Crippen molar-refractivity contribution in [3.05, 3.63) is 54.4 Å². The smallest absolute Gasteiger partial charge is 0.182 e. The molecule has 4 nitrogen and oxygen atoms in total. The Morgan fingerprint density at radius 2 is 1.89 bits per heavy atom. The predicted octanol–water partition coefficient (Wildman–Crippen LogP) is 3.02. The summed E-state index contributed by atoms with van der Waals surface area (Å²) in [7, 11) is 0. The standard InChI is InChI=1S/C14H13N3O/c1-10-13(15)17-9-5-8-12(14(17)16-10)18-11-6-3-2-4-7-11/h2-9H,15H2,1H3. The van der Waals surface area contributed by atoms with Gasteiger partial charge >= 0.3 is 0 Å². The molecule has 0 aliphatic rings. The number of para-hydroxylation sites is 1. The molecule has 2 N–H and O–H groups in total. The molecule has 0 saturated heterocycles. The van der Waals surface area contributed by atoms with E-state index in [1.807, 2.05) is 60.0 Å². The molecule has 2 heterocycles. The van der Waals surface area contributed by atoms with E-state index in [4.69, 9.17) is 10.5 Å². The van der Waals surface area contributed by atoms with Gasteiger partial charge in [0, 0.05) is 6.20 Å². The highest BCUT2D eigenvalue weighted by atomic mass is 16.5. The van der Waals surface area contributed by atoms with Gasteiger partial charge in [-0.15, -0.1) is 0 Å². The summed E-state index contributed by atoms with van der Waals surface area (Å²) in [5.74, 6) is 2.12. The molecule has 0 aliphatic heterocycles. The van der Waals surface area contributed by atoms with E-state index in [2.05, 4.69) is 4.98 Å². The molecule has 18 heavy (non-hydrogen) atoms. The average Bonchev–Trinajstić information content (AvgIpc) is 2.69. The molecular weight excluding hydrogens is 226 g/mol. The number of pyridine rings is 1. The van der Waals surface area contributed by atoms with Gasteiger partial charge in [-0.3, -0.25) is 4.40 Å². The summed E-state index contributed by atoms with van der Waals surface area (Å²) in [6.07, 6.45) is 1.88. The summed E-state index contributed by atoms with van der Waals surface area (Å²) in [6, 6.07) is 13.4. The van der Waals surface area contributed by atoms with Crippen molar-refractivity contribution in [2.75, 3.05) is 5.73 Å². The quantitative estimate of drug-likeness (QED) is 0.747. The maximum absolute atomic E-state index is 5.95. The SMILES string of the molecule is Cc1nc2c(Oc3ccccc3)cccn2c1N. The number of anilines is 1. The first-order valence-electron chi connectivity index (χ1n) is 5.72. The second kappa shape index (κ2) is 4.07. The topological polar surface area (TPSA) is 52.5 Å². The van der Waals surface area contributed by atoms with Gasteiger partial charge in [-0.25, -0.2) is 4.98 Å². The molecule has 90 valence electrons. The molecule has 1 aromatic carbocycles. The molecule has 0 amide bonds. The van der Waals surface area contributed by atoms with E-state index in [0.717, 1.165) is 17.1 Å². The van der Waals surface area contributed by atoms with Gasteiger partial charge in [0.25, 0.3) is 0 Å². The highest BCUT2D eigenvalue weighted by Crippen LogP contribution is 2.27. The van der Waals surface area contributed by atoms with E-state index in [1.54, 1.807) is 0 Å². The number of ether oxygens (including phenoxy) is 1. The molecule has 0 radical (unpaired) electrons. The molecule has 0 atom stereocenters. The lowest BCUT2D eigenvalue weighted by molar-refractivity contribution is 0.485. The number of fused-ring (bicyclic) bond motifs is 1. The average molecular weight is 239 g/mol. The molecule has 0 unspecified atom stereocenters.